The molecule has 1 atom stereocenters. The Labute approximate surface area is 234 Å². The van der Waals surface area contributed by atoms with E-state index in [-0.39, 0.29) is 23.9 Å². The molecule has 6 rings (SSSR count). The Morgan fingerprint density at radius 3 is 2.85 bits per heavy atom. The molecular formula is C28H27N7O4S. The number of hydrogen-bond acceptors (Lipinski definition) is 8. The molecule has 1 saturated heterocycles. The van der Waals surface area contributed by atoms with Gasteiger partial charge in [-0.05, 0) is 55.7 Å². The largest absolute Gasteiger partial charge is 0.438 e. The number of carbonyl (C=O) groups is 3. The number of nitrogens with zero attached hydrogens (tertiary/aromatic N) is 5. The summed E-state index contributed by atoms with van der Waals surface area (Å²) < 4.78 is 5.79. The van der Waals surface area contributed by atoms with Crippen molar-refractivity contribution < 1.29 is 19.1 Å². The first-order valence-electron chi connectivity index (χ1n) is 13.1. The number of thiophene rings is 1. The van der Waals surface area contributed by atoms with Crippen LogP contribution in [-0.4, -0.2) is 57.1 Å². The van der Waals surface area contributed by atoms with E-state index >= 15 is 0 Å². The van der Waals surface area contributed by atoms with E-state index < -0.39 is 0 Å². The fourth-order valence-corrected chi connectivity index (χ4v) is 6.21. The van der Waals surface area contributed by atoms with Gasteiger partial charge in [-0.2, -0.15) is 5.10 Å². The van der Waals surface area contributed by atoms with Gasteiger partial charge in [0, 0.05) is 44.0 Å². The molecule has 40 heavy (non-hydrogen) atoms. The quantitative estimate of drug-likeness (QED) is 0.341. The number of aryl methyl sites for hydroxylation is 1. The van der Waals surface area contributed by atoms with Gasteiger partial charge in [-0.3, -0.25) is 14.5 Å². The molecule has 11 nitrogen and oxygen atoms in total. The summed E-state index contributed by atoms with van der Waals surface area (Å²) in [5.41, 5.74) is 2.57. The topological polar surface area (TPSA) is 130 Å². The molecule has 1 aromatic carbocycles. The first-order valence-corrected chi connectivity index (χ1v) is 13.9. The molecule has 4 aromatic rings. The number of amides is 4. The monoisotopic (exact) mass is 557 g/mol. The van der Waals surface area contributed by atoms with Gasteiger partial charge in [0.05, 0.1) is 22.4 Å². The molecular weight excluding hydrogens is 530 g/mol. The second kappa shape index (κ2) is 10.5. The molecule has 2 aliphatic heterocycles. The van der Waals surface area contributed by atoms with Crippen LogP contribution in [0.2, 0.25) is 0 Å². The summed E-state index contributed by atoms with van der Waals surface area (Å²) in [7, 11) is 0. The summed E-state index contributed by atoms with van der Waals surface area (Å²) in [5.74, 6) is 0.736. The molecule has 4 amide bonds. The van der Waals surface area contributed by atoms with Crippen molar-refractivity contribution in [2.75, 3.05) is 23.3 Å². The molecule has 0 saturated carbocycles. The Morgan fingerprint density at radius 2 is 2.08 bits per heavy atom. The Hall–Kier alpha value is -4.58. The van der Waals surface area contributed by atoms with Crippen LogP contribution in [0.4, 0.5) is 21.9 Å². The Kier molecular flexibility index (Phi) is 6.76. The van der Waals surface area contributed by atoms with Gasteiger partial charge >= 0.3 is 6.03 Å². The van der Waals surface area contributed by atoms with Gasteiger partial charge in [0.15, 0.2) is 0 Å². The second-order valence-corrected chi connectivity index (χ2v) is 10.7. The number of carbonyl (C=O) groups excluding carboxylic acids is 3. The number of piperidine rings is 1. The number of aromatic nitrogens is 3. The molecule has 0 aliphatic carbocycles. The Balaban J connectivity index is 1.29. The zero-order valence-electron chi connectivity index (χ0n) is 22.0. The normalized spacial score (nSPS) is 16.6. The zero-order chi connectivity index (χ0) is 27.8. The molecule has 3 aromatic heterocycles. The minimum absolute atomic E-state index is 0.0840. The third-order valence-corrected chi connectivity index (χ3v) is 8.14. The van der Waals surface area contributed by atoms with Gasteiger partial charge in [-0.25, -0.2) is 9.78 Å². The maximum Gasteiger partial charge on any atom is 0.331 e. The highest BCUT2D eigenvalue weighted by Gasteiger charge is 2.34. The van der Waals surface area contributed by atoms with Crippen LogP contribution in [0.3, 0.4) is 0 Å². The van der Waals surface area contributed by atoms with Crippen LogP contribution < -0.4 is 20.3 Å². The number of hydrogen-bond donors (Lipinski definition) is 2. The van der Waals surface area contributed by atoms with Crippen LogP contribution in [0.25, 0.3) is 10.2 Å². The zero-order valence-corrected chi connectivity index (χ0v) is 22.8. The van der Waals surface area contributed by atoms with Crippen molar-refractivity contribution in [3.63, 3.8) is 0 Å². The molecule has 2 aliphatic rings. The highest BCUT2D eigenvalue weighted by molar-refractivity contribution is 7.21. The first-order chi connectivity index (χ1) is 19.4. The van der Waals surface area contributed by atoms with Crippen LogP contribution in [0, 0.1) is 6.92 Å². The minimum atomic E-state index is -0.379. The number of rotatable bonds is 6. The summed E-state index contributed by atoms with van der Waals surface area (Å²) >= 11 is 1.24. The number of benzene rings is 1. The molecule has 12 heteroatoms. The van der Waals surface area contributed by atoms with Crippen molar-refractivity contribution in [2.45, 2.75) is 39.2 Å². The van der Waals surface area contributed by atoms with Crippen LogP contribution in [0.1, 0.15) is 41.4 Å². The van der Waals surface area contributed by atoms with Crippen LogP contribution >= 0.6 is 11.3 Å². The van der Waals surface area contributed by atoms with Gasteiger partial charge in [0.1, 0.15) is 15.5 Å². The van der Waals surface area contributed by atoms with E-state index in [2.05, 4.69) is 25.8 Å². The summed E-state index contributed by atoms with van der Waals surface area (Å²) in [6.45, 7) is 4.92. The van der Waals surface area contributed by atoms with Crippen molar-refractivity contribution in [1.82, 2.24) is 25.4 Å². The molecule has 204 valence electrons. The van der Waals surface area contributed by atoms with Gasteiger partial charge in [-0.15, -0.1) is 16.4 Å². The third-order valence-electron chi connectivity index (χ3n) is 7.04. The fourth-order valence-electron chi connectivity index (χ4n) is 5.18. The van der Waals surface area contributed by atoms with E-state index in [1.54, 1.807) is 46.5 Å². The lowest BCUT2D eigenvalue weighted by Gasteiger charge is -2.33. The predicted octanol–water partition coefficient (Wildman–Crippen LogP) is 5.00. The van der Waals surface area contributed by atoms with E-state index in [4.69, 9.17) is 4.74 Å². The number of urea groups is 1. The van der Waals surface area contributed by atoms with Crippen molar-refractivity contribution >= 4 is 56.5 Å². The smallest absolute Gasteiger partial charge is 0.331 e. The average Bonchev–Trinajstić information content (AvgIpc) is 3.33. The third kappa shape index (κ3) is 4.70. The standard InChI is InChI=1S/C28H27N7O4S/c1-3-22(36)34-13-5-6-17(15-34)31-26(37)25-24-23-20(10-12-29-27(23)40-25)35(28(38)32-24)19-9-8-18(14-16(19)2)39-21-7-4-11-30-33-21/h4,7-12,14,17H,3,5-6,13,15H2,1-2H3,(H,31,37)(H,32,38). The number of anilines is 3. The van der Waals surface area contributed by atoms with Gasteiger partial charge < -0.3 is 20.3 Å². The van der Waals surface area contributed by atoms with Crippen LogP contribution in [0.5, 0.6) is 11.6 Å². The number of likely N-dealkylation sites (tertiary alicyclic amines) is 1. The number of nitrogens with one attached hydrogen (secondary N) is 2. The molecule has 5 heterocycles. The van der Waals surface area contributed by atoms with E-state index in [0.717, 1.165) is 18.4 Å². The summed E-state index contributed by atoms with van der Waals surface area (Å²) in [6.07, 6.45) is 5.27. The fraction of sp³-hybridized carbons (Fsp3) is 0.286. The van der Waals surface area contributed by atoms with Gasteiger partial charge in [-0.1, -0.05) is 6.92 Å². The van der Waals surface area contributed by atoms with Gasteiger partial charge in [0.2, 0.25) is 11.8 Å². The Morgan fingerprint density at radius 1 is 1.20 bits per heavy atom. The molecule has 2 N–H and O–H groups in total. The minimum Gasteiger partial charge on any atom is -0.438 e. The van der Waals surface area contributed by atoms with Crippen molar-refractivity contribution in [2.24, 2.45) is 0 Å². The molecule has 0 radical (unpaired) electrons. The first kappa shape index (κ1) is 25.7. The van der Waals surface area contributed by atoms with E-state index in [1.165, 1.54) is 11.3 Å². The molecule has 0 bridgehead atoms. The van der Waals surface area contributed by atoms with Crippen molar-refractivity contribution in [3.05, 3.63) is 59.2 Å². The lowest BCUT2D eigenvalue weighted by Crippen LogP contribution is -2.49. The molecule has 1 fully saturated rings. The molecule has 0 spiro atoms. The van der Waals surface area contributed by atoms with Crippen LogP contribution in [-0.2, 0) is 4.79 Å². The SMILES string of the molecule is CCC(=O)N1CCCC(NC(=O)c2sc3nccc4c3c2NC(=O)N4c2ccc(Oc3cccnn3)cc2C)C1. The summed E-state index contributed by atoms with van der Waals surface area (Å²) in [6, 6.07) is 10.1. The van der Waals surface area contributed by atoms with E-state index in [0.29, 0.717) is 63.3 Å². The number of pyridine rings is 1. The molecule has 1 unspecified atom stereocenters. The Bertz CT molecular complexity index is 1620. The lowest BCUT2D eigenvalue weighted by molar-refractivity contribution is -0.132. The van der Waals surface area contributed by atoms with E-state index in [9.17, 15) is 14.4 Å². The summed E-state index contributed by atoms with van der Waals surface area (Å²) in [5, 5.41) is 14.5. The second-order valence-electron chi connectivity index (χ2n) is 9.70. The van der Waals surface area contributed by atoms with Crippen molar-refractivity contribution in [1.29, 1.82) is 0 Å². The maximum atomic E-state index is 13.5. The van der Waals surface area contributed by atoms with Crippen LogP contribution in [0.15, 0.2) is 48.8 Å². The lowest BCUT2D eigenvalue weighted by atomic mass is 10.0. The number of ether oxygens (including phenoxy) is 1. The average molecular weight is 558 g/mol. The van der Waals surface area contributed by atoms with Crippen molar-refractivity contribution in [3.8, 4) is 11.6 Å². The highest BCUT2D eigenvalue weighted by Crippen LogP contribution is 2.46. The predicted molar refractivity (Wildman–Crippen MR) is 151 cm³/mol. The van der Waals surface area contributed by atoms with Gasteiger partial charge in [0.25, 0.3) is 5.91 Å². The highest BCUT2D eigenvalue weighted by atomic mass is 32.1. The summed E-state index contributed by atoms with van der Waals surface area (Å²) in [4.78, 5) is 48.0. The maximum absolute atomic E-state index is 13.5. The van der Waals surface area contributed by atoms with E-state index in [1.807, 2.05) is 26.0 Å².